The van der Waals surface area contributed by atoms with Gasteiger partial charge in [-0.1, -0.05) is 25.5 Å². The van der Waals surface area contributed by atoms with Gasteiger partial charge in [0.25, 0.3) is 5.24 Å². The Morgan fingerprint density at radius 2 is 1.87 bits per heavy atom. The highest BCUT2D eigenvalue weighted by atomic mass is 32.2. The van der Waals surface area contributed by atoms with Crippen molar-refractivity contribution in [3.63, 3.8) is 0 Å². The third kappa shape index (κ3) is 19.5. The SMILES string of the molecule is [2H]C([2H])([2H])C([2H])([2H])C([2H])([2H])NC(=O)SC.[2H]C([2H])([2H])C([2H])([2H])C([2H])([2H])NC(N)=O. The normalized spacial score (nSPS) is 27.8. The predicted molar refractivity (Wildman–Crippen MR) is 65.1 cm³/mol. The fourth-order valence-electron chi connectivity index (χ4n) is 0.226. The molecule has 0 heterocycles. The first-order valence-corrected chi connectivity index (χ1v) is 4.53. The second-order valence-electron chi connectivity index (χ2n) is 1.61. The van der Waals surface area contributed by atoms with Gasteiger partial charge in [-0.25, -0.2) is 4.79 Å². The Morgan fingerprint density at radius 1 is 1.33 bits per heavy atom. The van der Waals surface area contributed by atoms with Crippen LogP contribution in [-0.4, -0.2) is 30.5 Å². The van der Waals surface area contributed by atoms with Gasteiger partial charge >= 0.3 is 6.03 Å². The zero-order valence-corrected chi connectivity index (χ0v) is 8.62. The molecule has 0 aromatic heterocycles. The molecule has 0 spiro atoms. The van der Waals surface area contributed by atoms with E-state index in [2.05, 4.69) is 5.73 Å². The van der Waals surface area contributed by atoms with Crippen molar-refractivity contribution in [2.75, 3.05) is 19.2 Å². The van der Waals surface area contributed by atoms with Gasteiger partial charge in [0.2, 0.25) is 0 Å². The van der Waals surface area contributed by atoms with E-state index in [-0.39, 0.29) is 0 Å². The number of carbonyl (C=O) groups is 2. The smallest absolute Gasteiger partial charge is 0.312 e. The maximum atomic E-state index is 10.9. The Labute approximate surface area is 115 Å². The van der Waals surface area contributed by atoms with Crippen LogP contribution < -0.4 is 16.4 Å². The fraction of sp³-hybridized carbons (Fsp3) is 0.778. The first kappa shape index (κ1) is 3.55. The minimum absolute atomic E-state index is 0.638. The highest BCUT2D eigenvalue weighted by molar-refractivity contribution is 8.12. The van der Waals surface area contributed by atoms with Crippen molar-refractivity contribution in [1.82, 2.24) is 10.6 Å². The van der Waals surface area contributed by atoms with E-state index in [0.717, 1.165) is 0 Å². The molecular formula is C9H21N3O2S. The quantitative estimate of drug-likeness (QED) is 0.706. The summed E-state index contributed by atoms with van der Waals surface area (Å²) >= 11 is 0.638. The summed E-state index contributed by atoms with van der Waals surface area (Å²) in [6.07, 6.45) is -4.99. The largest absolute Gasteiger partial charge is 0.352 e. The molecule has 5 nitrogen and oxygen atoms in total. The van der Waals surface area contributed by atoms with Crippen molar-refractivity contribution in [3.05, 3.63) is 0 Å². The van der Waals surface area contributed by atoms with E-state index < -0.39 is 50.7 Å². The van der Waals surface area contributed by atoms with E-state index in [1.807, 2.05) is 0 Å². The molecule has 0 aromatic carbocycles. The summed E-state index contributed by atoms with van der Waals surface area (Å²) < 4.78 is 97.7. The molecule has 0 aliphatic heterocycles. The van der Waals surface area contributed by atoms with E-state index in [4.69, 9.17) is 19.2 Å². The van der Waals surface area contributed by atoms with Crippen molar-refractivity contribution in [2.24, 2.45) is 5.73 Å². The third-order valence-corrected chi connectivity index (χ3v) is 1.13. The maximum Gasteiger partial charge on any atom is 0.312 e. The summed E-state index contributed by atoms with van der Waals surface area (Å²) in [5.41, 5.74) is 4.58. The minimum atomic E-state index is -3.21. The summed E-state index contributed by atoms with van der Waals surface area (Å²) in [6.45, 7) is -12.3. The van der Waals surface area contributed by atoms with Crippen molar-refractivity contribution in [1.29, 1.82) is 0 Å². The number of primary amides is 1. The molecule has 4 N–H and O–H groups in total. The lowest BCUT2D eigenvalue weighted by atomic mass is 10.5. The number of thioether (sulfide) groups is 1. The summed E-state index contributed by atoms with van der Waals surface area (Å²) in [4.78, 5) is 21.2. The van der Waals surface area contributed by atoms with Gasteiger partial charge in [-0.15, -0.1) is 0 Å². The molecule has 0 aliphatic carbocycles. The van der Waals surface area contributed by atoms with Gasteiger partial charge in [-0.05, 0) is 19.0 Å². The van der Waals surface area contributed by atoms with Crippen LogP contribution in [0.4, 0.5) is 9.59 Å². The van der Waals surface area contributed by atoms with Crippen LogP contribution in [0.15, 0.2) is 0 Å². The van der Waals surface area contributed by atoms with Gasteiger partial charge in [0, 0.05) is 32.2 Å². The Hall–Kier alpha value is -0.910. The van der Waals surface area contributed by atoms with Crippen LogP contribution in [0.5, 0.6) is 0 Å². The zero-order valence-electron chi connectivity index (χ0n) is 21.8. The van der Waals surface area contributed by atoms with Gasteiger partial charge in [-0.2, -0.15) is 0 Å². The molecule has 0 unspecified atom stereocenters. The second-order valence-corrected chi connectivity index (χ2v) is 2.38. The molecule has 0 fully saturated rings. The molecule has 15 heavy (non-hydrogen) atoms. The molecule has 0 rings (SSSR count). The van der Waals surface area contributed by atoms with Crippen LogP contribution in [0.25, 0.3) is 0 Å². The topological polar surface area (TPSA) is 84.2 Å². The van der Waals surface area contributed by atoms with Crippen LogP contribution in [0.3, 0.4) is 0 Å². The van der Waals surface area contributed by atoms with Crippen molar-refractivity contribution >= 4 is 23.0 Å². The molecule has 0 bridgehead atoms. The summed E-state index contributed by atoms with van der Waals surface area (Å²) in [6, 6.07) is -1.33. The van der Waals surface area contributed by atoms with Crippen molar-refractivity contribution < 1.29 is 28.8 Å². The lowest BCUT2D eigenvalue weighted by molar-refractivity contribution is 0.249. The fourth-order valence-corrected chi connectivity index (χ4v) is 0.379. The van der Waals surface area contributed by atoms with Crippen molar-refractivity contribution in [3.8, 4) is 0 Å². The van der Waals surface area contributed by atoms with Gasteiger partial charge in [0.15, 0.2) is 0 Å². The maximum absolute atomic E-state index is 10.9. The molecule has 0 atom stereocenters. The van der Waals surface area contributed by atoms with E-state index in [1.165, 1.54) is 11.6 Å². The molecule has 0 aromatic rings. The number of carbonyl (C=O) groups excluding carboxylic acids is 2. The molecule has 0 radical (unpaired) electrons. The van der Waals surface area contributed by atoms with Crippen LogP contribution in [0.2, 0.25) is 0 Å². The number of rotatable bonds is 4. The third-order valence-electron chi connectivity index (χ3n) is 0.661. The number of hydrogen-bond donors (Lipinski definition) is 3. The summed E-state index contributed by atoms with van der Waals surface area (Å²) in [5.74, 6) is 0. The first-order chi connectivity index (χ1) is 12.4. The number of nitrogens with two attached hydrogens (primary N) is 1. The molecule has 0 aliphatic rings. The second kappa shape index (κ2) is 13.1. The molecule has 6 heteroatoms. The highest BCUT2D eigenvalue weighted by Crippen LogP contribution is 1.91. The zero-order chi connectivity index (χ0) is 24.3. The summed E-state index contributed by atoms with van der Waals surface area (Å²) in [5, 5.41) is 2.25. The van der Waals surface area contributed by atoms with E-state index in [0.29, 0.717) is 11.8 Å². The number of urea groups is 1. The monoisotopic (exact) mass is 249 g/mol. The highest BCUT2D eigenvalue weighted by Gasteiger charge is 1.91. The Morgan fingerprint density at radius 3 is 2.27 bits per heavy atom. The number of nitrogens with one attached hydrogen (secondary N) is 2. The Bertz CT molecular complexity index is 588. The molecule has 3 amide bonds. The van der Waals surface area contributed by atoms with Crippen LogP contribution in [0, 0.1) is 0 Å². The molecular weight excluding hydrogens is 214 g/mol. The van der Waals surface area contributed by atoms with E-state index >= 15 is 0 Å². The van der Waals surface area contributed by atoms with E-state index in [9.17, 15) is 9.59 Å². The van der Waals surface area contributed by atoms with Crippen LogP contribution in [0.1, 0.15) is 45.6 Å². The van der Waals surface area contributed by atoms with E-state index in [1.54, 1.807) is 5.32 Å². The first-order valence-electron chi connectivity index (χ1n) is 10.3. The Kier molecular flexibility index (Phi) is 3.10. The molecule has 90 valence electrons. The van der Waals surface area contributed by atoms with Gasteiger partial charge < -0.3 is 16.4 Å². The Balaban J connectivity index is 0. The lowest BCUT2D eigenvalue weighted by Crippen LogP contribution is -2.29. The summed E-state index contributed by atoms with van der Waals surface area (Å²) in [7, 11) is 0. The molecule has 0 saturated heterocycles. The average molecular weight is 249 g/mol. The van der Waals surface area contributed by atoms with Gasteiger partial charge in [0.1, 0.15) is 0 Å². The standard InChI is InChI=1S/C5H11NOS.C4H10N2O/c1-3-4-6-5(7)8-2;1-2-3-6-4(5)7/h3-4H2,1-2H3,(H,6,7);2-3H2,1H3,(H3,5,6,7)/i1D3,3D2,4D2;1D3,2D2,3D2. The number of amides is 3. The van der Waals surface area contributed by atoms with Gasteiger partial charge in [0.05, 0.1) is 0 Å². The van der Waals surface area contributed by atoms with Crippen LogP contribution >= 0.6 is 11.8 Å². The average Bonchev–Trinajstić information content (AvgIpc) is 2.43. The lowest BCUT2D eigenvalue weighted by Gasteiger charge is -1.96. The van der Waals surface area contributed by atoms with Crippen LogP contribution in [-0.2, 0) is 0 Å². The molecule has 0 saturated carbocycles. The van der Waals surface area contributed by atoms with Crippen molar-refractivity contribution in [2.45, 2.75) is 26.4 Å². The number of hydrogen-bond acceptors (Lipinski definition) is 3. The van der Waals surface area contributed by atoms with Gasteiger partial charge in [-0.3, -0.25) is 4.79 Å². The predicted octanol–water partition coefficient (Wildman–Crippen LogP) is 1.53. The minimum Gasteiger partial charge on any atom is -0.352 e.